The van der Waals surface area contributed by atoms with Gasteiger partial charge in [0.25, 0.3) is 5.91 Å². The molecule has 3 amide bonds. The van der Waals surface area contributed by atoms with Crippen LogP contribution in [-0.4, -0.2) is 36.2 Å². The molecule has 11 heteroatoms. The molecule has 6 nitrogen and oxygen atoms in total. The van der Waals surface area contributed by atoms with Gasteiger partial charge in [-0.05, 0) is 60.2 Å². The number of hydrogen-bond donors (Lipinski definition) is 1. The molecule has 0 bridgehead atoms. The predicted molar refractivity (Wildman–Crippen MR) is 137 cm³/mol. The Balaban J connectivity index is 1.50. The molecule has 5 rings (SSSR count). The Morgan fingerprint density at radius 2 is 1.81 bits per heavy atom. The minimum Gasteiger partial charge on any atom is -0.497 e. The van der Waals surface area contributed by atoms with Crippen molar-refractivity contribution in [3.63, 3.8) is 0 Å². The topological polar surface area (TPSA) is 61.9 Å². The number of benzene rings is 3. The van der Waals surface area contributed by atoms with E-state index in [1.165, 1.54) is 40.8 Å². The van der Waals surface area contributed by atoms with Crippen LogP contribution in [0.25, 0.3) is 0 Å². The lowest BCUT2D eigenvalue weighted by Gasteiger charge is -2.33. The highest BCUT2D eigenvalue weighted by Crippen LogP contribution is 2.55. The second-order valence-corrected chi connectivity index (χ2v) is 10.3. The molecule has 1 fully saturated rings. The molecule has 1 N–H and O–H groups in total. The van der Waals surface area contributed by atoms with Crippen molar-refractivity contribution in [2.24, 2.45) is 0 Å². The zero-order valence-electron chi connectivity index (χ0n) is 19.5. The van der Waals surface area contributed by atoms with Crippen molar-refractivity contribution < 1.29 is 27.5 Å². The predicted octanol–water partition coefficient (Wildman–Crippen LogP) is 6.35. The summed E-state index contributed by atoms with van der Waals surface area (Å²) in [6, 6.07) is 16.1. The van der Waals surface area contributed by atoms with Crippen LogP contribution < -0.4 is 15.0 Å². The number of nitrogens with zero attached hydrogens (tertiary/aromatic N) is 2. The molecule has 1 atom stereocenters. The Kier molecular flexibility index (Phi) is 6.49. The largest absolute Gasteiger partial charge is 0.497 e. The van der Waals surface area contributed by atoms with Crippen LogP contribution in [0.4, 0.5) is 29.3 Å². The Labute approximate surface area is 220 Å². The van der Waals surface area contributed by atoms with Crippen molar-refractivity contribution in [1.29, 1.82) is 0 Å². The van der Waals surface area contributed by atoms with Crippen LogP contribution >= 0.6 is 23.4 Å². The summed E-state index contributed by atoms with van der Waals surface area (Å²) in [6.07, 6.45) is -4.45. The van der Waals surface area contributed by atoms with Crippen molar-refractivity contribution in [2.75, 3.05) is 29.6 Å². The summed E-state index contributed by atoms with van der Waals surface area (Å²) in [5.41, 5.74) is 1.46. The molecule has 1 saturated heterocycles. The molecule has 3 aromatic rings. The summed E-state index contributed by atoms with van der Waals surface area (Å²) in [4.78, 5) is 29.2. The molecule has 2 aliphatic heterocycles. The number of thioether (sulfide) groups is 1. The van der Waals surface area contributed by atoms with Gasteiger partial charge in [-0.1, -0.05) is 23.7 Å². The number of carbonyl (C=O) groups excluding carboxylic acids is 2. The van der Waals surface area contributed by atoms with Gasteiger partial charge in [0.15, 0.2) is 4.87 Å². The Morgan fingerprint density at radius 1 is 1.11 bits per heavy atom. The first-order valence-corrected chi connectivity index (χ1v) is 12.6. The summed E-state index contributed by atoms with van der Waals surface area (Å²) in [7, 11) is 1.51. The second-order valence-electron chi connectivity index (χ2n) is 8.55. The minimum absolute atomic E-state index is 0.0469. The molecule has 0 radical (unpaired) electrons. The van der Waals surface area contributed by atoms with E-state index >= 15 is 0 Å². The molecule has 0 aromatic heterocycles. The maximum atomic E-state index is 14.1. The number of hydrogen-bond acceptors (Lipinski definition) is 4. The molecule has 1 spiro atoms. The van der Waals surface area contributed by atoms with E-state index < -0.39 is 22.6 Å². The number of nitrogens with one attached hydrogen (secondary N) is 1. The third-order valence-electron chi connectivity index (χ3n) is 6.36. The lowest BCUT2D eigenvalue weighted by molar-refractivity contribution is -0.137. The molecule has 0 unspecified atom stereocenters. The third kappa shape index (κ3) is 4.48. The average Bonchev–Trinajstić information content (AvgIpc) is 3.42. The van der Waals surface area contributed by atoms with Gasteiger partial charge >= 0.3 is 12.2 Å². The fraction of sp³-hybridized carbons (Fsp3) is 0.231. The van der Waals surface area contributed by atoms with Crippen LogP contribution in [-0.2, 0) is 22.4 Å². The normalized spacial score (nSPS) is 18.9. The van der Waals surface area contributed by atoms with Crippen LogP contribution in [0.2, 0.25) is 5.02 Å². The van der Waals surface area contributed by atoms with Gasteiger partial charge in [-0.2, -0.15) is 13.2 Å². The van der Waals surface area contributed by atoms with Gasteiger partial charge < -0.3 is 15.0 Å². The SMILES string of the molecule is COc1ccc2c(c1)[C@@]1(SCCN1C(=O)Nc1ccc(Cl)cc1)C(=O)N2Cc1ccc(C(F)(F)F)cc1. The molecule has 0 saturated carbocycles. The summed E-state index contributed by atoms with van der Waals surface area (Å²) in [5, 5.41) is 3.36. The van der Waals surface area contributed by atoms with Crippen molar-refractivity contribution in [2.45, 2.75) is 17.6 Å². The number of alkyl halides is 3. The molecular weight excluding hydrogens is 527 g/mol. The molecule has 0 aliphatic carbocycles. The second kappa shape index (κ2) is 9.50. The first kappa shape index (κ1) is 25.3. The highest BCUT2D eigenvalue weighted by atomic mass is 35.5. The van der Waals surface area contributed by atoms with Crippen molar-refractivity contribution in [1.82, 2.24) is 4.90 Å². The smallest absolute Gasteiger partial charge is 0.416 e. The van der Waals surface area contributed by atoms with Crippen LogP contribution in [0.1, 0.15) is 16.7 Å². The van der Waals surface area contributed by atoms with Gasteiger partial charge in [0.1, 0.15) is 5.75 Å². The number of methoxy groups -OCH3 is 1. The molecule has 2 heterocycles. The minimum atomic E-state index is -4.45. The molecular formula is C26H21ClF3N3O3S. The van der Waals surface area contributed by atoms with Gasteiger partial charge in [-0.3, -0.25) is 9.69 Å². The number of rotatable bonds is 4. The number of amides is 3. The Hall–Kier alpha value is -3.37. The third-order valence-corrected chi connectivity index (χ3v) is 8.03. The lowest BCUT2D eigenvalue weighted by atomic mass is 10.1. The van der Waals surface area contributed by atoms with Crippen molar-refractivity contribution in [3.8, 4) is 5.75 Å². The quantitative estimate of drug-likeness (QED) is 0.413. The maximum Gasteiger partial charge on any atom is 0.416 e. The summed E-state index contributed by atoms with van der Waals surface area (Å²) in [6.45, 7) is 0.367. The highest BCUT2D eigenvalue weighted by Gasteiger charge is 2.59. The monoisotopic (exact) mass is 547 g/mol. The number of fused-ring (bicyclic) bond motifs is 2. The molecule has 192 valence electrons. The Bertz CT molecular complexity index is 1350. The van der Waals surface area contributed by atoms with E-state index in [2.05, 4.69) is 5.32 Å². The highest BCUT2D eigenvalue weighted by molar-refractivity contribution is 8.01. The Morgan fingerprint density at radius 3 is 2.46 bits per heavy atom. The van der Waals surface area contributed by atoms with Crippen LogP contribution in [0, 0.1) is 0 Å². The van der Waals surface area contributed by atoms with Crippen LogP contribution in [0.5, 0.6) is 5.75 Å². The van der Waals surface area contributed by atoms with E-state index in [1.807, 2.05) is 0 Å². The summed E-state index contributed by atoms with van der Waals surface area (Å²) in [5.74, 6) is 0.696. The van der Waals surface area contributed by atoms with Gasteiger partial charge in [0.2, 0.25) is 0 Å². The van der Waals surface area contributed by atoms with E-state index in [4.69, 9.17) is 16.3 Å². The molecule has 2 aliphatic rings. The lowest BCUT2D eigenvalue weighted by Crippen LogP contribution is -2.51. The van der Waals surface area contributed by atoms with E-state index in [0.29, 0.717) is 45.6 Å². The maximum absolute atomic E-state index is 14.1. The average molecular weight is 548 g/mol. The van der Waals surface area contributed by atoms with Gasteiger partial charge in [-0.15, -0.1) is 11.8 Å². The first-order chi connectivity index (χ1) is 17.6. The standard InChI is InChI=1S/C26H21ClF3N3O3S/c1-36-20-10-11-22-21(14-20)25(23(34)32(22)15-16-2-4-17(5-3-16)26(28,29)30)33(12-13-37-25)24(35)31-19-8-6-18(27)7-9-19/h2-11,14H,12-13,15H2,1H3,(H,31,35)/t25-/m1/s1. The van der Waals surface area contributed by atoms with Crippen LogP contribution in [0.3, 0.4) is 0 Å². The van der Waals surface area contributed by atoms with Crippen molar-refractivity contribution in [3.05, 3.63) is 88.4 Å². The number of urea groups is 1. The van der Waals surface area contributed by atoms with E-state index in [0.717, 1.165) is 12.1 Å². The fourth-order valence-corrected chi connectivity index (χ4v) is 6.16. The zero-order chi connectivity index (χ0) is 26.4. The number of ether oxygens (including phenoxy) is 1. The number of halogens is 4. The summed E-state index contributed by atoms with van der Waals surface area (Å²) < 4.78 is 44.5. The summed E-state index contributed by atoms with van der Waals surface area (Å²) >= 11 is 7.29. The zero-order valence-corrected chi connectivity index (χ0v) is 21.1. The van der Waals surface area contributed by atoms with E-state index in [-0.39, 0.29) is 12.5 Å². The molecule has 3 aromatic carbocycles. The van der Waals surface area contributed by atoms with Crippen LogP contribution in [0.15, 0.2) is 66.7 Å². The van der Waals surface area contributed by atoms with Gasteiger partial charge in [-0.25, -0.2) is 4.79 Å². The van der Waals surface area contributed by atoms with Crippen molar-refractivity contribution >= 4 is 46.7 Å². The van der Waals surface area contributed by atoms with Gasteiger partial charge in [0.05, 0.1) is 24.9 Å². The van der Waals surface area contributed by atoms with E-state index in [1.54, 1.807) is 42.5 Å². The molecule has 37 heavy (non-hydrogen) atoms. The van der Waals surface area contributed by atoms with E-state index in [9.17, 15) is 22.8 Å². The number of carbonyl (C=O) groups is 2. The number of anilines is 2. The van der Waals surface area contributed by atoms with Gasteiger partial charge in [0, 0.05) is 28.6 Å². The fourth-order valence-electron chi connectivity index (χ4n) is 4.58. The first-order valence-electron chi connectivity index (χ1n) is 11.3.